The molecule has 5 rings (SSSR count). The number of carbonyl (C=O) groups is 1. The van der Waals surface area contributed by atoms with Crippen LogP contribution in [0.5, 0.6) is 0 Å². The van der Waals surface area contributed by atoms with Crippen LogP contribution >= 0.6 is 0 Å². The Hall–Kier alpha value is -1.62. The fourth-order valence-corrected chi connectivity index (χ4v) is 4.97. The van der Waals surface area contributed by atoms with Crippen molar-refractivity contribution < 1.29 is 4.79 Å². The van der Waals surface area contributed by atoms with E-state index in [1.165, 1.54) is 38.6 Å². The predicted molar refractivity (Wildman–Crippen MR) is 102 cm³/mol. The molecule has 2 bridgehead atoms. The number of hydrogen-bond donors (Lipinski definition) is 0. The van der Waals surface area contributed by atoms with E-state index in [9.17, 15) is 9.59 Å². The number of amides is 1. The summed E-state index contributed by atoms with van der Waals surface area (Å²) in [6.07, 6.45) is 6.52. The van der Waals surface area contributed by atoms with Crippen molar-refractivity contribution in [2.45, 2.75) is 52.0 Å². The first-order valence-corrected chi connectivity index (χ1v) is 10.1. The molecule has 1 aliphatic carbocycles. The molecule has 3 aliphatic heterocycles. The van der Waals surface area contributed by atoms with E-state index in [0.29, 0.717) is 17.5 Å². The molecule has 26 heavy (non-hydrogen) atoms. The first kappa shape index (κ1) is 17.8. The molecule has 0 N–H and O–H groups in total. The minimum atomic E-state index is -0.157. The van der Waals surface area contributed by atoms with Crippen molar-refractivity contribution >= 4 is 5.91 Å². The smallest absolute Gasteiger partial charge is 0.263 e. The number of aromatic nitrogens is 1. The van der Waals surface area contributed by atoms with Gasteiger partial charge in [0.05, 0.1) is 0 Å². The SMILES string of the molecule is Cc1cc(C)n(C)c(=O)c1C(=O)N1C[C@H]2CC[C@@H](C1)N(CC1CCC1)C2. The highest BCUT2D eigenvalue weighted by atomic mass is 16.2. The molecule has 0 unspecified atom stereocenters. The van der Waals surface area contributed by atoms with Crippen molar-refractivity contribution in [2.24, 2.45) is 18.9 Å². The lowest BCUT2D eigenvalue weighted by Crippen LogP contribution is -2.47. The van der Waals surface area contributed by atoms with Crippen LogP contribution in [0.3, 0.4) is 0 Å². The molecule has 0 spiro atoms. The Morgan fingerprint density at radius 3 is 2.58 bits per heavy atom. The summed E-state index contributed by atoms with van der Waals surface area (Å²) in [7, 11) is 1.75. The topological polar surface area (TPSA) is 45.6 Å². The summed E-state index contributed by atoms with van der Waals surface area (Å²) < 4.78 is 1.59. The zero-order chi connectivity index (χ0) is 18.4. The van der Waals surface area contributed by atoms with Crippen LogP contribution in [0.15, 0.2) is 10.9 Å². The van der Waals surface area contributed by atoms with Gasteiger partial charge in [-0.15, -0.1) is 0 Å². The summed E-state index contributed by atoms with van der Waals surface area (Å²) in [5.41, 5.74) is 1.91. The first-order valence-electron chi connectivity index (χ1n) is 10.1. The molecule has 1 aromatic rings. The lowest BCUT2D eigenvalue weighted by Gasteiger charge is -2.40. The van der Waals surface area contributed by atoms with Gasteiger partial charge in [0.1, 0.15) is 5.56 Å². The number of nitrogens with zero attached hydrogens (tertiary/aromatic N) is 3. The maximum Gasteiger partial charge on any atom is 0.263 e. The molecule has 4 heterocycles. The van der Waals surface area contributed by atoms with E-state index in [2.05, 4.69) is 4.90 Å². The highest BCUT2D eigenvalue weighted by molar-refractivity contribution is 5.95. The van der Waals surface area contributed by atoms with E-state index >= 15 is 0 Å². The van der Waals surface area contributed by atoms with Crippen LogP contribution in [0, 0.1) is 25.7 Å². The number of carbonyl (C=O) groups excluding carboxylic acids is 1. The zero-order valence-electron chi connectivity index (χ0n) is 16.3. The Morgan fingerprint density at radius 1 is 1.12 bits per heavy atom. The van der Waals surface area contributed by atoms with E-state index in [1.807, 2.05) is 24.8 Å². The molecule has 5 nitrogen and oxygen atoms in total. The predicted octanol–water partition coefficient (Wildman–Crippen LogP) is 2.34. The standard InChI is InChI=1S/C21H31N3O2/c1-14-9-15(2)22(3)20(25)19(14)21(26)24-12-17-7-8-18(13-24)23(11-17)10-16-5-4-6-16/h9,16-18H,4-8,10-13H2,1-3H3/t17-,18-/m0/s1. The van der Waals surface area contributed by atoms with Crippen LogP contribution in [-0.2, 0) is 7.05 Å². The average Bonchev–Trinajstić information content (AvgIpc) is 2.88. The quantitative estimate of drug-likeness (QED) is 0.834. The van der Waals surface area contributed by atoms with Gasteiger partial charge < -0.3 is 9.47 Å². The van der Waals surface area contributed by atoms with Gasteiger partial charge in [-0.3, -0.25) is 14.5 Å². The number of rotatable bonds is 3. The molecule has 5 heteroatoms. The fraction of sp³-hybridized carbons (Fsp3) is 0.714. The summed E-state index contributed by atoms with van der Waals surface area (Å²) in [6, 6.07) is 2.41. The molecular formula is C21H31N3O2. The van der Waals surface area contributed by atoms with Crippen LogP contribution in [0.2, 0.25) is 0 Å². The molecule has 1 aromatic heterocycles. The summed E-state index contributed by atoms with van der Waals surface area (Å²) in [5.74, 6) is 1.35. The third-order valence-electron chi connectivity index (χ3n) is 6.91. The van der Waals surface area contributed by atoms with E-state index in [4.69, 9.17) is 0 Å². The number of piperidine rings is 1. The molecule has 4 aliphatic rings. The average molecular weight is 357 g/mol. The summed E-state index contributed by atoms with van der Waals surface area (Å²) in [4.78, 5) is 30.6. The molecule has 4 fully saturated rings. The molecule has 142 valence electrons. The van der Waals surface area contributed by atoms with Gasteiger partial charge in [-0.05, 0) is 63.0 Å². The third-order valence-corrected chi connectivity index (χ3v) is 6.91. The molecule has 3 saturated heterocycles. The largest absolute Gasteiger partial charge is 0.337 e. The van der Waals surface area contributed by atoms with Crippen molar-refractivity contribution in [3.05, 3.63) is 33.2 Å². The van der Waals surface area contributed by atoms with E-state index in [-0.39, 0.29) is 11.5 Å². The van der Waals surface area contributed by atoms with Crippen LogP contribution in [0.1, 0.15) is 53.7 Å². The van der Waals surface area contributed by atoms with E-state index in [0.717, 1.165) is 36.8 Å². The molecule has 0 radical (unpaired) electrons. The van der Waals surface area contributed by atoms with Gasteiger partial charge in [0.2, 0.25) is 0 Å². The summed E-state index contributed by atoms with van der Waals surface area (Å²) in [6.45, 7) is 7.69. The van der Waals surface area contributed by atoms with Gasteiger partial charge in [0.15, 0.2) is 0 Å². The van der Waals surface area contributed by atoms with Crippen LogP contribution in [-0.4, -0.2) is 52.5 Å². The number of fused-ring (bicyclic) bond motifs is 4. The van der Waals surface area contributed by atoms with Gasteiger partial charge in [0, 0.05) is 45.0 Å². The van der Waals surface area contributed by atoms with Crippen molar-refractivity contribution in [1.29, 1.82) is 0 Å². The molecule has 1 amide bonds. The second-order valence-corrected chi connectivity index (χ2v) is 8.77. The van der Waals surface area contributed by atoms with Gasteiger partial charge >= 0.3 is 0 Å². The monoisotopic (exact) mass is 357 g/mol. The minimum absolute atomic E-state index is 0.0644. The zero-order valence-corrected chi connectivity index (χ0v) is 16.3. The molecule has 1 saturated carbocycles. The number of hydrogen-bond acceptors (Lipinski definition) is 3. The molecule has 2 atom stereocenters. The number of aryl methyl sites for hydroxylation is 2. The minimum Gasteiger partial charge on any atom is -0.337 e. The lowest BCUT2D eigenvalue weighted by molar-refractivity contribution is 0.0714. The third kappa shape index (κ3) is 3.11. The van der Waals surface area contributed by atoms with Crippen molar-refractivity contribution in [3.63, 3.8) is 0 Å². The van der Waals surface area contributed by atoms with Gasteiger partial charge in [-0.25, -0.2) is 0 Å². The van der Waals surface area contributed by atoms with Crippen LogP contribution in [0.25, 0.3) is 0 Å². The molecule has 0 aromatic carbocycles. The van der Waals surface area contributed by atoms with Crippen LogP contribution in [0.4, 0.5) is 0 Å². The molecular weight excluding hydrogens is 326 g/mol. The highest BCUT2D eigenvalue weighted by Gasteiger charge is 2.38. The Kier molecular flexibility index (Phi) is 4.68. The number of pyridine rings is 1. The van der Waals surface area contributed by atoms with Crippen molar-refractivity contribution in [3.8, 4) is 0 Å². The second kappa shape index (κ2) is 6.84. The summed E-state index contributed by atoms with van der Waals surface area (Å²) in [5, 5.41) is 0. The Morgan fingerprint density at radius 2 is 1.88 bits per heavy atom. The van der Waals surface area contributed by atoms with E-state index < -0.39 is 0 Å². The van der Waals surface area contributed by atoms with Gasteiger partial charge in [-0.2, -0.15) is 0 Å². The van der Waals surface area contributed by atoms with Gasteiger partial charge in [0.25, 0.3) is 11.5 Å². The first-order chi connectivity index (χ1) is 12.4. The second-order valence-electron chi connectivity index (χ2n) is 8.77. The maximum absolute atomic E-state index is 13.3. The Bertz CT molecular complexity index is 765. The van der Waals surface area contributed by atoms with Crippen LogP contribution < -0.4 is 5.56 Å². The Balaban J connectivity index is 1.56. The van der Waals surface area contributed by atoms with Crippen molar-refractivity contribution in [1.82, 2.24) is 14.4 Å². The van der Waals surface area contributed by atoms with Gasteiger partial charge in [-0.1, -0.05) is 6.42 Å². The Labute approximate surface area is 156 Å². The van der Waals surface area contributed by atoms with E-state index in [1.54, 1.807) is 11.6 Å². The summed E-state index contributed by atoms with van der Waals surface area (Å²) >= 11 is 0. The normalized spacial score (nSPS) is 26.7. The highest BCUT2D eigenvalue weighted by Crippen LogP contribution is 2.33. The fourth-order valence-electron chi connectivity index (χ4n) is 4.97. The van der Waals surface area contributed by atoms with Crippen molar-refractivity contribution in [2.75, 3.05) is 26.2 Å². The lowest BCUT2D eigenvalue weighted by atomic mass is 9.83. The maximum atomic E-state index is 13.3.